The van der Waals surface area contributed by atoms with Gasteiger partial charge in [0.25, 0.3) is 5.91 Å². The minimum atomic E-state index is -3.53. The number of carbonyl (C=O) groups is 2. The molecular weight excluding hydrogens is 386 g/mol. The highest BCUT2D eigenvalue weighted by molar-refractivity contribution is 7.89. The molecule has 0 aliphatic carbocycles. The summed E-state index contributed by atoms with van der Waals surface area (Å²) in [4.78, 5) is 23.4. The third-order valence-corrected chi connectivity index (χ3v) is 5.75. The number of amides is 1. The van der Waals surface area contributed by atoms with Gasteiger partial charge in [-0.2, -0.15) is 4.31 Å². The van der Waals surface area contributed by atoms with Crippen molar-refractivity contribution in [2.45, 2.75) is 18.7 Å². The number of carbonyl (C=O) groups excluding carboxylic acids is 2. The van der Waals surface area contributed by atoms with Gasteiger partial charge in [-0.1, -0.05) is 31.1 Å². The fourth-order valence-corrected chi connectivity index (χ4v) is 3.73. The van der Waals surface area contributed by atoms with Crippen molar-refractivity contribution in [1.29, 1.82) is 0 Å². The minimum Gasteiger partial charge on any atom is -0.452 e. The molecular formula is C18H21N3O6S. The molecule has 1 amide bonds. The number of benzene rings is 1. The van der Waals surface area contributed by atoms with E-state index in [2.05, 4.69) is 15.0 Å². The zero-order valence-corrected chi connectivity index (χ0v) is 16.3. The van der Waals surface area contributed by atoms with E-state index < -0.39 is 28.5 Å². The van der Waals surface area contributed by atoms with Crippen LogP contribution in [-0.2, 0) is 24.3 Å². The Kier molecular flexibility index (Phi) is 7.47. The molecule has 1 aromatic carbocycles. The first-order valence-electron chi connectivity index (χ1n) is 8.52. The first-order valence-corrected chi connectivity index (χ1v) is 9.96. The second kappa shape index (κ2) is 9.81. The van der Waals surface area contributed by atoms with Gasteiger partial charge in [-0.3, -0.25) is 4.79 Å². The zero-order chi connectivity index (χ0) is 20.6. The molecule has 0 aliphatic rings. The van der Waals surface area contributed by atoms with Gasteiger partial charge >= 0.3 is 5.97 Å². The van der Waals surface area contributed by atoms with E-state index in [1.165, 1.54) is 34.8 Å². The lowest BCUT2D eigenvalue weighted by atomic mass is 10.2. The Labute approximate surface area is 163 Å². The molecule has 0 saturated heterocycles. The van der Waals surface area contributed by atoms with E-state index in [0.29, 0.717) is 18.7 Å². The van der Waals surface area contributed by atoms with Gasteiger partial charge in [-0.25, -0.2) is 13.2 Å². The molecule has 9 nitrogen and oxygen atoms in total. The van der Waals surface area contributed by atoms with Crippen molar-refractivity contribution in [3.63, 3.8) is 0 Å². The van der Waals surface area contributed by atoms with Crippen molar-refractivity contribution in [3.8, 4) is 0 Å². The highest BCUT2D eigenvalue weighted by atomic mass is 32.2. The highest BCUT2D eigenvalue weighted by Crippen LogP contribution is 2.16. The number of rotatable bonds is 9. The molecule has 1 N–H and O–H groups in total. The van der Waals surface area contributed by atoms with Crippen LogP contribution in [0.3, 0.4) is 0 Å². The molecule has 0 bridgehead atoms. The molecule has 28 heavy (non-hydrogen) atoms. The second-order valence-electron chi connectivity index (χ2n) is 5.53. The third-order valence-electron chi connectivity index (χ3n) is 3.69. The zero-order valence-electron chi connectivity index (χ0n) is 15.5. The molecule has 0 saturated carbocycles. The summed E-state index contributed by atoms with van der Waals surface area (Å²) < 4.78 is 35.6. The maximum Gasteiger partial charge on any atom is 0.331 e. The monoisotopic (exact) mass is 407 g/mol. The van der Waals surface area contributed by atoms with Gasteiger partial charge in [-0.15, -0.1) is 0 Å². The quantitative estimate of drug-likeness (QED) is 0.498. The second-order valence-corrected chi connectivity index (χ2v) is 7.47. The Morgan fingerprint density at radius 3 is 2.43 bits per heavy atom. The van der Waals surface area contributed by atoms with Crippen LogP contribution >= 0.6 is 0 Å². The standard InChI is InChI=1S/C18H21N3O6S/c1-3-21(4-2)28(24,25)15-8-5-14(6-9-15)7-10-18(23)26-13-17(22)19-16-11-12-27-20-16/h5-12H,3-4,13H2,1-2H3,(H,19,20,22)/b10-7+. The molecule has 2 aromatic rings. The molecule has 150 valence electrons. The summed E-state index contributed by atoms with van der Waals surface area (Å²) in [5.74, 6) is -1.05. The smallest absolute Gasteiger partial charge is 0.331 e. The molecule has 2 rings (SSSR count). The average Bonchev–Trinajstić information content (AvgIpc) is 3.18. The van der Waals surface area contributed by atoms with Gasteiger partial charge < -0.3 is 14.6 Å². The lowest BCUT2D eigenvalue weighted by molar-refractivity contribution is -0.142. The number of anilines is 1. The van der Waals surface area contributed by atoms with E-state index >= 15 is 0 Å². The van der Waals surface area contributed by atoms with Crippen LogP contribution in [0.1, 0.15) is 19.4 Å². The maximum atomic E-state index is 12.4. The summed E-state index contributed by atoms with van der Waals surface area (Å²) in [7, 11) is -3.53. The minimum absolute atomic E-state index is 0.181. The highest BCUT2D eigenvalue weighted by Gasteiger charge is 2.20. The average molecular weight is 407 g/mol. The molecule has 10 heteroatoms. The predicted octanol–water partition coefficient (Wildman–Crippen LogP) is 1.90. The van der Waals surface area contributed by atoms with Gasteiger partial charge in [0.1, 0.15) is 6.26 Å². The first kappa shape index (κ1) is 21.3. The van der Waals surface area contributed by atoms with Crippen LogP contribution in [0.2, 0.25) is 0 Å². The molecule has 1 heterocycles. The summed E-state index contributed by atoms with van der Waals surface area (Å²) >= 11 is 0. The Morgan fingerprint density at radius 1 is 1.18 bits per heavy atom. The number of ether oxygens (including phenoxy) is 1. The van der Waals surface area contributed by atoms with E-state index in [4.69, 9.17) is 4.74 Å². The Bertz CT molecular complexity index is 917. The van der Waals surface area contributed by atoms with Gasteiger partial charge in [0, 0.05) is 25.2 Å². The first-order chi connectivity index (χ1) is 13.4. The summed E-state index contributed by atoms with van der Waals surface area (Å²) in [5, 5.41) is 5.88. The van der Waals surface area contributed by atoms with E-state index in [-0.39, 0.29) is 10.7 Å². The Balaban J connectivity index is 1.89. The van der Waals surface area contributed by atoms with Crippen molar-refractivity contribution in [3.05, 3.63) is 48.2 Å². The van der Waals surface area contributed by atoms with Gasteiger partial charge in [0.15, 0.2) is 12.4 Å². The summed E-state index contributed by atoms with van der Waals surface area (Å²) in [6.07, 6.45) is 3.91. The molecule has 1 aromatic heterocycles. The van der Waals surface area contributed by atoms with E-state index in [1.54, 1.807) is 26.0 Å². The Morgan fingerprint density at radius 2 is 1.86 bits per heavy atom. The molecule has 0 aliphatic heterocycles. The van der Waals surface area contributed by atoms with Gasteiger partial charge in [0.05, 0.1) is 4.90 Å². The fraction of sp³-hybridized carbons (Fsp3) is 0.278. The predicted molar refractivity (Wildman–Crippen MR) is 102 cm³/mol. The van der Waals surface area contributed by atoms with Crippen LogP contribution in [-0.4, -0.2) is 49.5 Å². The summed E-state index contributed by atoms with van der Waals surface area (Å²) in [6.45, 7) is 3.84. The van der Waals surface area contributed by atoms with Crippen LogP contribution in [0.4, 0.5) is 5.82 Å². The third kappa shape index (κ3) is 5.76. The van der Waals surface area contributed by atoms with Crippen LogP contribution in [0.25, 0.3) is 6.08 Å². The molecule has 0 radical (unpaired) electrons. The van der Waals surface area contributed by atoms with Crippen molar-refractivity contribution in [2.75, 3.05) is 25.0 Å². The summed E-state index contributed by atoms with van der Waals surface area (Å²) in [6, 6.07) is 7.56. The number of hydrogen-bond donors (Lipinski definition) is 1. The Hall–Kier alpha value is -2.98. The number of nitrogens with zero attached hydrogens (tertiary/aromatic N) is 2. The van der Waals surface area contributed by atoms with Crippen molar-refractivity contribution >= 4 is 33.8 Å². The lowest BCUT2D eigenvalue weighted by Crippen LogP contribution is -2.30. The number of nitrogens with one attached hydrogen (secondary N) is 1. The SMILES string of the molecule is CCN(CC)S(=O)(=O)c1ccc(/C=C/C(=O)OCC(=O)Nc2ccon2)cc1. The van der Waals surface area contributed by atoms with Crippen molar-refractivity contribution in [2.24, 2.45) is 0 Å². The molecule has 0 fully saturated rings. The summed E-state index contributed by atoms with van der Waals surface area (Å²) in [5.41, 5.74) is 0.613. The topological polar surface area (TPSA) is 119 Å². The molecule has 0 unspecified atom stereocenters. The normalized spacial score (nSPS) is 11.7. The van der Waals surface area contributed by atoms with Crippen LogP contribution in [0, 0.1) is 0 Å². The van der Waals surface area contributed by atoms with Crippen molar-refractivity contribution < 1.29 is 27.3 Å². The number of aromatic nitrogens is 1. The number of hydrogen-bond acceptors (Lipinski definition) is 7. The van der Waals surface area contributed by atoms with E-state index in [0.717, 1.165) is 6.08 Å². The largest absolute Gasteiger partial charge is 0.452 e. The number of esters is 1. The van der Waals surface area contributed by atoms with E-state index in [9.17, 15) is 18.0 Å². The van der Waals surface area contributed by atoms with Gasteiger partial charge in [-0.05, 0) is 23.8 Å². The fourth-order valence-electron chi connectivity index (χ4n) is 2.27. The molecule has 0 spiro atoms. The van der Waals surface area contributed by atoms with Crippen LogP contribution in [0.5, 0.6) is 0 Å². The van der Waals surface area contributed by atoms with Crippen molar-refractivity contribution in [1.82, 2.24) is 9.46 Å². The van der Waals surface area contributed by atoms with E-state index in [1.807, 2.05) is 0 Å². The maximum absolute atomic E-state index is 12.4. The molecule has 0 atom stereocenters. The van der Waals surface area contributed by atoms with Crippen LogP contribution < -0.4 is 5.32 Å². The van der Waals surface area contributed by atoms with Crippen LogP contribution in [0.15, 0.2) is 52.1 Å². The van der Waals surface area contributed by atoms with Gasteiger partial charge in [0.2, 0.25) is 10.0 Å². The lowest BCUT2D eigenvalue weighted by Gasteiger charge is -2.18. The number of sulfonamides is 1.